The van der Waals surface area contributed by atoms with Crippen molar-refractivity contribution < 1.29 is 0 Å². The number of piperidine rings is 1. The lowest BCUT2D eigenvalue weighted by Crippen LogP contribution is -2.43. The highest BCUT2D eigenvalue weighted by Crippen LogP contribution is 2.38. The summed E-state index contributed by atoms with van der Waals surface area (Å²) in [4.78, 5) is 2.74. The highest BCUT2D eigenvalue weighted by Gasteiger charge is 2.39. The SMILES string of the molecule is CCNCC(C)(C)CN1CC2CCC1C2. The Morgan fingerprint density at radius 3 is 2.67 bits per heavy atom. The molecule has 2 nitrogen and oxygen atoms in total. The average molecular weight is 210 g/mol. The fraction of sp³-hybridized carbons (Fsp3) is 1.00. The number of rotatable bonds is 5. The van der Waals surface area contributed by atoms with E-state index >= 15 is 0 Å². The number of likely N-dealkylation sites (tertiary alicyclic amines) is 1. The summed E-state index contributed by atoms with van der Waals surface area (Å²) in [5.74, 6) is 1.03. The van der Waals surface area contributed by atoms with Crippen molar-refractivity contribution in [3.8, 4) is 0 Å². The van der Waals surface area contributed by atoms with Crippen LogP contribution in [0.1, 0.15) is 40.0 Å². The summed E-state index contributed by atoms with van der Waals surface area (Å²) in [6, 6.07) is 0.927. The maximum absolute atomic E-state index is 3.48. The molecule has 2 aliphatic rings. The smallest absolute Gasteiger partial charge is 0.00988 e. The predicted molar refractivity (Wildman–Crippen MR) is 65.0 cm³/mol. The average Bonchev–Trinajstić information content (AvgIpc) is 2.75. The van der Waals surface area contributed by atoms with Crippen LogP contribution in [0.15, 0.2) is 0 Å². The minimum atomic E-state index is 0.431. The van der Waals surface area contributed by atoms with E-state index in [9.17, 15) is 0 Å². The number of hydrogen-bond acceptors (Lipinski definition) is 2. The van der Waals surface area contributed by atoms with Crippen LogP contribution >= 0.6 is 0 Å². The molecule has 2 atom stereocenters. The molecule has 1 saturated heterocycles. The van der Waals surface area contributed by atoms with Gasteiger partial charge in [0.1, 0.15) is 0 Å². The van der Waals surface area contributed by atoms with E-state index in [1.165, 1.54) is 32.4 Å². The van der Waals surface area contributed by atoms with Crippen molar-refractivity contribution >= 4 is 0 Å². The van der Waals surface area contributed by atoms with Crippen LogP contribution in [0.4, 0.5) is 0 Å². The van der Waals surface area contributed by atoms with Gasteiger partial charge in [0.05, 0.1) is 0 Å². The summed E-state index contributed by atoms with van der Waals surface area (Å²) in [6.07, 6.45) is 4.44. The molecule has 1 saturated carbocycles. The standard InChI is InChI=1S/C13H26N2/c1-4-14-9-13(2,3)10-15-8-11-5-6-12(15)7-11/h11-12,14H,4-10H2,1-3H3. The molecular formula is C13H26N2. The van der Waals surface area contributed by atoms with E-state index in [1.807, 2.05) is 0 Å². The van der Waals surface area contributed by atoms with Gasteiger partial charge in [0, 0.05) is 25.7 Å². The zero-order valence-corrected chi connectivity index (χ0v) is 10.6. The van der Waals surface area contributed by atoms with Gasteiger partial charge in [-0.3, -0.25) is 4.90 Å². The van der Waals surface area contributed by atoms with E-state index < -0.39 is 0 Å². The highest BCUT2D eigenvalue weighted by molar-refractivity contribution is 4.94. The molecule has 2 unspecified atom stereocenters. The van der Waals surface area contributed by atoms with Gasteiger partial charge in [-0.05, 0) is 37.1 Å². The molecular weight excluding hydrogens is 184 g/mol. The first-order chi connectivity index (χ1) is 7.11. The molecule has 0 aromatic rings. The van der Waals surface area contributed by atoms with E-state index in [-0.39, 0.29) is 0 Å². The van der Waals surface area contributed by atoms with Crippen molar-refractivity contribution in [2.75, 3.05) is 26.2 Å². The van der Waals surface area contributed by atoms with Crippen molar-refractivity contribution in [1.29, 1.82) is 0 Å². The summed E-state index contributed by atoms with van der Waals surface area (Å²) < 4.78 is 0. The predicted octanol–water partition coefficient (Wildman–Crippen LogP) is 2.11. The van der Waals surface area contributed by atoms with Crippen molar-refractivity contribution in [3.05, 3.63) is 0 Å². The van der Waals surface area contributed by atoms with Gasteiger partial charge in [-0.2, -0.15) is 0 Å². The minimum absolute atomic E-state index is 0.431. The van der Waals surface area contributed by atoms with Crippen molar-refractivity contribution in [3.63, 3.8) is 0 Å². The van der Waals surface area contributed by atoms with Gasteiger partial charge >= 0.3 is 0 Å². The molecule has 2 heteroatoms. The Kier molecular flexibility index (Phi) is 3.36. The van der Waals surface area contributed by atoms with Crippen LogP contribution in [-0.4, -0.2) is 37.1 Å². The Morgan fingerprint density at radius 2 is 2.13 bits per heavy atom. The van der Waals surface area contributed by atoms with E-state index in [1.54, 1.807) is 0 Å². The summed E-state index contributed by atoms with van der Waals surface area (Å²) in [7, 11) is 0. The molecule has 1 N–H and O–H groups in total. The van der Waals surface area contributed by atoms with Crippen LogP contribution in [0.25, 0.3) is 0 Å². The normalized spacial score (nSPS) is 31.4. The lowest BCUT2D eigenvalue weighted by Gasteiger charge is -2.35. The molecule has 15 heavy (non-hydrogen) atoms. The maximum atomic E-state index is 3.48. The largest absolute Gasteiger partial charge is 0.316 e. The molecule has 88 valence electrons. The topological polar surface area (TPSA) is 15.3 Å². The second-order valence-corrected chi connectivity index (χ2v) is 6.21. The Labute approximate surface area is 94.4 Å². The Hall–Kier alpha value is -0.0800. The number of nitrogens with one attached hydrogen (secondary N) is 1. The van der Waals surface area contributed by atoms with Crippen LogP contribution in [0.5, 0.6) is 0 Å². The third-order valence-corrected chi connectivity index (χ3v) is 4.01. The van der Waals surface area contributed by atoms with Crippen LogP contribution in [-0.2, 0) is 0 Å². The zero-order valence-electron chi connectivity index (χ0n) is 10.6. The van der Waals surface area contributed by atoms with Crippen LogP contribution in [0, 0.1) is 11.3 Å². The molecule has 2 fully saturated rings. The Bertz CT molecular complexity index is 213. The monoisotopic (exact) mass is 210 g/mol. The number of nitrogens with zero attached hydrogens (tertiary/aromatic N) is 1. The highest BCUT2D eigenvalue weighted by atomic mass is 15.2. The third-order valence-electron chi connectivity index (χ3n) is 4.01. The van der Waals surface area contributed by atoms with Gasteiger partial charge in [0.15, 0.2) is 0 Å². The molecule has 0 spiro atoms. The van der Waals surface area contributed by atoms with Crippen LogP contribution < -0.4 is 5.32 Å². The van der Waals surface area contributed by atoms with Gasteiger partial charge in [-0.25, -0.2) is 0 Å². The first-order valence-electron chi connectivity index (χ1n) is 6.55. The molecule has 1 aliphatic carbocycles. The summed E-state index contributed by atoms with van der Waals surface area (Å²) in [5.41, 5.74) is 0.431. The van der Waals surface area contributed by atoms with Gasteiger partial charge < -0.3 is 5.32 Å². The first-order valence-corrected chi connectivity index (χ1v) is 6.55. The van der Waals surface area contributed by atoms with Crippen molar-refractivity contribution in [2.24, 2.45) is 11.3 Å². The van der Waals surface area contributed by atoms with Gasteiger partial charge in [0.2, 0.25) is 0 Å². The lowest BCUT2D eigenvalue weighted by atomic mass is 9.91. The molecule has 0 amide bonds. The summed E-state index contributed by atoms with van der Waals surface area (Å²) in [6.45, 7) is 11.9. The van der Waals surface area contributed by atoms with Gasteiger partial charge in [0.25, 0.3) is 0 Å². The van der Waals surface area contributed by atoms with E-state index in [0.29, 0.717) is 5.41 Å². The molecule has 0 aromatic carbocycles. The second-order valence-electron chi connectivity index (χ2n) is 6.21. The minimum Gasteiger partial charge on any atom is -0.316 e. The molecule has 2 rings (SSSR count). The number of fused-ring (bicyclic) bond motifs is 2. The molecule has 0 aromatic heterocycles. The summed E-state index contributed by atoms with van der Waals surface area (Å²) >= 11 is 0. The van der Waals surface area contributed by atoms with E-state index in [2.05, 4.69) is 31.0 Å². The molecule has 0 radical (unpaired) electrons. The Balaban J connectivity index is 1.80. The fourth-order valence-electron chi connectivity index (χ4n) is 3.29. The fourth-order valence-corrected chi connectivity index (χ4v) is 3.29. The van der Waals surface area contributed by atoms with Crippen molar-refractivity contribution in [1.82, 2.24) is 10.2 Å². The quantitative estimate of drug-likeness (QED) is 0.747. The van der Waals surface area contributed by atoms with Gasteiger partial charge in [-0.1, -0.05) is 20.8 Å². The van der Waals surface area contributed by atoms with E-state index in [4.69, 9.17) is 0 Å². The van der Waals surface area contributed by atoms with Crippen LogP contribution in [0.3, 0.4) is 0 Å². The van der Waals surface area contributed by atoms with Gasteiger partial charge in [-0.15, -0.1) is 0 Å². The molecule has 2 bridgehead atoms. The third kappa shape index (κ3) is 2.73. The number of hydrogen-bond donors (Lipinski definition) is 1. The Morgan fingerprint density at radius 1 is 1.33 bits per heavy atom. The first kappa shape index (κ1) is 11.4. The van der Waals surface area contributed by atoms with Crippen LogP contribution in [0.2, 0.25) is 0 Å². The molecule has 1 aliphatic heterocycles. The van der Waals surface area contributed by atoms with Crippen molar-refractivity contribution in [2.45, 2.75) is 46.1 Å². The second kappa shape index (κ2) is 4.42. The molecule has 1 heterocycles. The maximum Gasteiger partial charge on any atom is 0.00988 e. The van der Waals surface area contributed by atoms with E-state index in [0.717, 1.165) is 25.0 Å². The summed E-state index contributed by atoms with van der Waals surface area (Å²) in [5, 5.41) is 3.48. The lowest BCUT2D eigenvalue weighted by molar-refractivity contribution is 0.140. The zero-order chi connectivity index (χ0) is 10.9.